The SMILES string of the molecule is CC(N)CN1C(=O)CCCN1C(C)(C)C. The van der Waals surface area contributed by atoms with Crippen LogP contribution >= 0.6 is 0 Å². The van der Waals surface area contributed by atoms with Crippen LogP contribution in [0, 0.1) is 0 Å². The lowest BCUT2D eigenvalue weighted by atomic mass is 10.1. The normalized spacial score (nSPS) is 21.9. The van der Waals surface area contributed by atoms with E-state index in [1.165, 1.54) is 0 Å². The molecular formula is C11H23N3O. The highest BCUT2D eigenvalue weighted by molar-refractivity contribution is 5.76. The highest BCUT2D eigenvalue weighted by Crippen LogP contribution is 2.22. The van der Waals surface area contributed by atoms with E-state index >= 15 is 0 Å². The maximum Gasteiger partial charge on any atom is 0.236 e. The van der Waals surface area contributed by atoms with E-state index in [2.05, 4.69) is 25.8 Å². The summed E-state index contributed by atoms with van der Waals surface area (Å²) in [6, 6.07) is 0.0249. The molecule has 1 fully saturated rings. The first kappa shape index (κ1) is 12.5. The van der Waals surface area contributed by atoms with Crippen LogP contribution in [-0.4, -0.2) is 40.6 Å². The number of rotatable bonds is 2. The smallest absolute Gasteiger partial charge is 0.236 e. The van der Waals surface area contributed by atoms with E-state index < -0.39 is 0 Å². The van der Waals surface area contributed by atoms with Gasteiger partial charge in [-0.05, 0) is 34.1 Å². The van der Waals surface area contributed by atoms with E-state index in [1.807, 2.05) is 11.9 Å². The molecular weight excluding hydrogens is 190 g/mol. The fraction of sp³-hybridized carbons (Fsp3) is 0.909. The van der Waals surface area contributed by atoms with E-state index in [4.69, 9.17) is 5.73 Å². The van der Waals surface area contributed by atoms with Crippen molar-refractivity contribution in [2.45, 2.75) is 52.1 Å². The second kappa shape index (κ2) is 4.49. The van der Waals surface area contributed by atoms with Crippen molar-refractivity contribution < 1.29 is 4.79 Å². The molecule has 1 rings (SSSR count). The van der Waals surface area contributed by atoms with E-state index in [0.29, 0.717) is 13.0 Å². The van der Waals surface area contributed by atoms with Gasteiger partial charge in [0.05, 0.1) is 6.54 Å². The Balaban J connectivity index is 2.78. The van der Waals surface area contributed by atoms with Crippen LogP contribution in [0.15, 0.2) is 0 Å². The van der Waals surface area contributed by atoms with Gasteiger partial charge in [0.25, 0.3) is 0 Å². The number of hydrogen-bond donors (Lipinski definition) is 1. The van der Waals surface area contributed by atoms with Gasteiger partial charge >= 0.3 is 0 Å². The summed E-state index contributed by atoms with van der Waals surface area (Å²) in [6.45, 7) is 9.88. The Morgan fingerprint density at radius 1 is 1.47 bits per heavy atom. The third kappa shape index (κ3) is 3.18. The average molecular weight is 213 g/mol. The first-order valence-electron chi connectivity index (χ1n) is 5.66. The van der Waals surface area contributed by atoms with Crippen molar-refractivity contribution >= 4 is 5.91 Å². The van der Waals surface area contributed by atoms with Crippen LogP contribution in [0.1, 0.15) is 40.5 Å². The molecule has 1 aliphatic heterocycles. The van der Waals surface area contributed by atoms with Crippen LogP contribution < -0.4 is 5.73 Å². The molecule has 1 amide bonds. The molecule has 1 atom stereocenters. The van der Waals surface area contributed by atoms with Crippen molar-refractivity contribution in [3.8, 4) is 0 Å². The topological polar surface area (TPSA) is 49.6 Å². The third-order valence-electron chi connectivity index (χ3n) is 2.58. The van der Waals surface area contributed by atoms with Gasteiger partial charge in [-0.25, -0.2) is 5.01 Å². The van der Waals surface area contributed by atoms with Crippen LogP contribution in [-0.2, 0) is 4.79 Å². The predicted molar refractivity (Wildman–Crippen MR) is 61.1 cm³/mol. The maximum atomic E-state index is 11.8. The monoisotopic (exact) mass is 213 g/mol. The van der Waals surface area contributed by atoms with Gasteiger partial charge in [0.15, 0.2) is 0 Å². The minimum atomic E-state index is -0.00896. The minimum Gasteiger partial charge on any atom is -0.326 e. The third-order valence-corrected chi connectivity index (χ3v) is 2.58. The molecule has 0 aromatic heterocycles. The highest BCUT2D eigenvalue weighted by Gasteiger charge is 2.33. The van der Waals surface area contributed by atoms with Gasteiger partial charge in [-0.3, -0.25) is 9.80 Å². The van der Waals surface area contributed by atoms with Crippen molar-refractivity contribution in [2.24, 2.45) is 5.73 Å². The van der Waals surface area contributed by atoms with Gasteiger partial charge in [-0.15, -0.1) is 0 Å². The summed E-state index contributed by atoms with van der Waals surface area (Å²) >= 11 is 0. The summed E-state index contributed by atoms with van der Waals surface area (Å²) in [5.41, 5.74) is 5.76. The number of amides is 1. The molecule has 1 heterocycles. The molecule has 1 aliphatic rings. The number of nitrogens with zero attached hydrogens (tertiary/aromatic N) is 2. The molecule has 1 unspecified atom stereocenters. The molecule has 0 aliphatic carbocycles. The predicted octanol–water partition coefficient (Wildman–Crippen LogP) is 0.971. The summed E-state index contributed by atoms with van der Waals surface area (Å²) in [6.07, 6.45) is 1.60. The molecule has 4 nitrogen and oxygen atoms in total. The quantitative estimate of drug-likeness (QED) is 0.743. The zero-order chi connectivity index (χ0) is 11.6. The van der Waals surface area contributed by atoms with E-state index in [-0.39, 0.29) is 17.5 Å². The number of carbonyl (C=O) groups excluding carboxylic acids is 1. The molecule has 88 valence electrons. The van der Waals surface area contributed by atoms with Gasteiger partial charge in [-0.1, -0.05) is 0 Å². The lowest BCUT2D eigenvalue weighted by Crippen LogP contribution is -2.60. The Morgan fingerprint density at radius 2 is 2.07 bits per heavy atom. The van der Waals surface area contributed by atoms with Crippen LogP contribution in [0.3, 0.4) is 0 Å². The van der Waals surface area contributed by atoms with E-state index in [1.54, 1.807) is 0 Å². The summed E-state index contributed by atoms with van der Waals surface area (Å²) in [5, 5.41) is 3.97. The fourth-order valence-electron chi connectivity index (χ4n) is 1.94. The summed E-state index contributed by atoms with van der Waals surface area (Å²) in [7, 11) is 0. The first-order chi connectivity index (χ1) is 6.82. The van der Waals surface area contributed by atoms with E-state index in [0.717, 1.165) is 13.0 Å². The highest BCUT2D eigenvalue weighted by atomic mass is 16.2. The van der Waals surface area contributed by atoms with Crippen LogP contribution in [0.4, 0.5) is 0 Å². The molecule has 0 aromatic rings. The standard InChI is InChI=1S/C11H23N3O/c1-9(12)8-13-10(15)6-5-7-14(13)11(2,3)4/h9H,5-8,12H2,1-4H3. The number of carbonyl (C=O) groups is 1. The van der Waals surface area contributed by atoms with Crippen LogP contribution in [0.2, 0.25) is 0 Å². The van der Waals surface area contributed by atoms with Crippen LogP contribution in [0.25, 0.3) is 0 Å². The molecule has 0 saturated carbocycles. The molecule has 0 spiro atoms. The molecule has 2 N–H and O–H groups in total. The molecule has 4 heteroatoms. The van der Waals surface area contributed by atoms with E-state index in [9.17, 15) is 4.79 Å². The summed E-state index contributed by atoms with van der Waals surface area (Å²) in [5.74, 6) is 0.202. The lowest BCUT2D eigenvalue weighted by Gasteiger charge is -2.46. The molecule has 15 heavy (non-hydrogen) atoms. The van der Waals surface area contributed by atoms with Gasteiger partial charge in [0.2, 0.25) is 5.91 Å². The largest absolute Gasteiger partial charge is 0.326 e. The number of nitrogens with two attached hydrogens (primary N) is 1. The molecule has 1 saturated heterocycles. The molecule has 0 aromatic carbocycles. The molecule has 0 bridgehead atoms. The van der Waals surface area contributed by atoms with Crippen LogP contribution in [0.5, 0.6) is 0 Å². The first-order valence-corrected chi connectivity index (χ1v) is 5.66. The Labute approximate surface area is 92.4 Å². The van der Waals surface area contributed by atoms with Crippen molar-refractivity contribution in [3.63, 3.8) is 0 Å². The zero-order valence-electron chi connectivity index (χ0n) is 10.3. The van der Waals surface area contributed by atoms with Crippen molar-refractivity contribution in [1.82, 2.24) is 10.0 Å². The Kier molecular flexibility index (Phi) is 3.73. The van der Waals surface area contributed by atoms with Gasteiger partial charge in [-0.2, -0.15) is 0 Å². The van der Waals surface area contributed by atoms with Crippen molar-refractivity contribution in [1.29, 1.82) is 0 Å². The Hall–Kier alpha value is -0.610. The minimum absolute atomic E-state index is 0.00896. The molecule has 0 radical (unpaired) electrons. The maximum absolute atomic E-state index is 11.8. The second-order valence-corrected chi connectivity index (χ2v) is 5.35. The van der Waals surface area contributed by atoms with Crippen molar-refractivity contribution in [3.05, 3.63) is 0 Å². The second-order valence-electron chi connectivity index (χ2n) is 5.35. The lowest BCUT2D eigenvalue weighted by molar-refractivity contribution is -0.168. The van der Waals surface area contributed by atoms with Crippen molar-refractivity contribution in [2.75, 3.05) is 13.1 Å². The van der Waals surface area contributed by atoms with Gasteiger partial charge < -0.3 is 5.73 Å². The summed E-state index contributed by atoms with van der Waals surface area (Å²) in [4.78, 5) is 11.8. The van der Waals surface area contributed by atoms with Gasteiger partial charge in [0, 0.05) is 24.5 Å². The fourth-order valence-corrected chi connectivity index (χ4v) is 1.94. The number of hydrazine groups is 1. The van der Waals surface area contributed by atoms with Gasteiger partial charge in [0.1, 0.15) is 0 Å². The Bertz CT molecular complexity index is 232. The number of hydrogen-bond acceptors (Lipinski definition) is 3. The Morgan fingerprint density at radius 3 is 2.53 bits per heavy atom. The summed E-state index contributed by atoms with van der Waals surface area (Å²) < 4.78 is 0. The zero-order valence-corrected chi connectivity index (χ0v) is 10.3. The average Bonchev–Trinajstić information content (AvgIpc) is 2.05.